The molecule has 0 aromatic heterocycles. The number of rotatable bonds is 4. The number of carboxylic acid groups (broad SMARTS) is 1. The van der Waals surface area contributed by atoms with Crippen LogP contribution in [0, 0.1) is 0 Å². The molecule has 0 unspecified atom stereocenters. The lowest BCUT2D eigenvalue weighted by Gasteiger charge is -2.21. The van der Waals surface area contributed by atoms with Crippen LogP contribution in [0.15, 0.2) is 12.1 Å². The highest BCUT2D eigenvalue weighted by Crippen LogP contribution is 2.37. The van der Waals surface area contributed by atoms with Gasteiger partial charge in [0.2, 0.25) is 10.0 Å². The van der Waals surface area contributed by atoms with Gasteiger partial charge in [-0.15, -0.1) is 0 Å². The van der Waals surface area contributed by atoms with Crippen molar-refractivity contribution < 1.29 is 27.8 Å². The number of methoxy groups -OCH3 is 2. The number of hydrogen-bond acceptors (Lipinski definition) is 5. The molecule has 1 saturated heterocycles. The Morgan fingerprint density at radius 3 is 2.30 bits per heavy atom. The van der Waals surface area contributed by atoms with E-state index in [0.717, 1.165) is 4.31 Å². The maximum atomic E-state index is 12.0. The summed E-state index contributed by atoms with van der Waals surface area (Å²) in [6.07, 6.45) is 0.468. The summed E-state index contributed by atoms with van der Waals surface area (Å²) in [7, 11) is -0.679. The van der Waals surface area contributed by atoms with Gasteiger partial charge in [0, 0.05) is 18.7 Å². The van der Waals surface area contributed by atoms with Crippen molar-refractivity contribution in [3.05, 3.63) is 17.7 Å². The van der Waals surface area contributed by atoms with Crippen molar-refractivity contribution in [2.24, 2.45) is 0 Å². The van der Waals surface area contributed by atoms with Crippen LogP contribution in [0.25, 0.3) is 0 Å². The van der Waals surface area contributed by atoms with E-state index in [4.69, 9.17) is 9.47 Å². The maximum absolute atomic E-state index is 12.0. The van der Waals surface area contributed by atoms with E-state index in [1.165, 1.54) is 26.4 Å². The van der Waals surface area contributed by atoms with Crippen molar-refractivity contribution in [1.29, 1.82) is 0 Å². The summed E-state index contributed by atoms with van der Waals surface area (Å²) in [4.78, 5) is 11.3. The van der Waals surface area contributed by atoms with Crippen LogP contribution < -0.4 is 13.8 Å². The third-order valence-corrected chi connectivity index (χ3v) is 4.96. The van der Waals surface area contributed by atoms with E-state index in [0.29, 0.717) is 6.42 Å². The van der Waals surface area contributed by atoms with Gasteiger partial charge in [-0.3, -0.25) is 4.31 Å². The zero-order valence-corrected chi connectivity index (χ0v) is 11.9. The molecule has 2 rings (SSSR count). The molecule has 110 valence electrons. The summed E-state index contributed by atoms with van der Waals surface area (Å²) in [5, 5.41) is 9.26. The van der Waals surface area contributed by atoms with Gasteiger partial charge in [-0.05, 0) is 6.42 Å². The first kappa shape index (κ1) is 14.4. The van der Waals surface area contributed by atoms with Gasteiger partial charge in [-0.2, -0.15) is 0 Å². The predicted molar refractivity (Wildman–Crippen MR) is 72.3 cm³/mol. The van der Waals surface area contributed by atoms with Crippen LogP contribution in [0.3, 0.4) is 0 Å². The highest BCUT2D eigenvalue weighted by atomic mass is 32.2. The Balaban J connectivity index is 2.64. The van der Waals surface area contributed by atoms with Crippen LogP contribution in [-0.4, -0.2) is 46.0 Å². The van der Waals surface area contributed by atoms with Gasteiger partial charge < -0.3 is 14.6 Å². The summed E-state index contributed by atoms with van der Waals surface area (Å²) in [6, 6.07) is 2.65. The maximum Gasteiger partial charge on any atom is 0.337 e. The standard InChI is InChI=1S/C12H15NO6S/c1-18-10-6-8(12(14)15)9(7-11(10)19-2)13-4-3-5-20(13,16)17/h6-7H,3-5H2,1-2H3,(H,14,15). The van der Waals surface area contributed by atoms with Crippen molar-refractivity contribution in [1.82, 2.24) is 0 Å². The first-order valence-electron chi connectivity index (χ1n) is 5.90. The van der Waals surface area contributed by atoms with Crippen molar-refractivity contribution in [2.45, 2.75) is 6.42 Å². The predicted octanol–water partition coefficient (Wildman–Crippen LogP) is 0.942. The van der Waals surface area contributed by atoms with Crippen LogP contribution in [0.4, 0.5) is 5.69 Å². The number of benzene rings is 1. The summed E-state index contributed by atoms with van der Waals surface area (Å²) in [6.45, 7) is 0.262. The molecule has 7 nitrogen and oxygen atoms in total. The zero-order valence-electron chi connectivity index (χ0n) is 11.1. The van der Waals surface area contributed by atoms with E-state index in [-0.39, 0.29) is 35.0 Å². The fourth-order valence-corrected chi connectivity index (χ4v) is 3.73. The quantitative estimate of drug-likeness (QED) is 0.889. The minimum absolute atomic E-state index is 0.0143. The Labute approximate surface area is 116 Å². The summed E-state index contributed by atoms with van der Waals surface area (Å²) in [5.74, 6) is -0.677. The molecule has 1 N–H and O–H groups in total. The Kier molecular flexibility index (Phi) is 3.76. The molecule has 8 heteroatoms. The fraction of sp³-hybridized carbons (Fsp3) is 0.417. The first-order valence-corrected chi connectivity index (χ1v) is 7.51. The van der Waals surface area contributed by atoms with Gasteiger partial charge in [-0.25, -0.2) is 13.2 Å². The molecular formula is C12H15NO6S. The molecule has 1 aliphatic heterocycles. The van der Waals surface area contributed by atoms with Gasteiger partial charge in [0.05, 0.1) is 31.2 Å². The molecule has 0 saturated carbocycles. The van der Waals surface area contributed by atoms with E-state index in [2.05, 4.69) is 0 Å². The second kappa shape index (κ2) is 5.20. The Morgan fingerprint density at radius 1 is 1.25 bits per heavy atom. The zero-order chi connectivity index (χ0) is 14.9. The first-order chi connectivity index (χ1) is 9.40. The van der Waals surface area contributed by atoms with Crippen molar-refractivity contribution in [3.63, 3.8) is 0 Å². The van der Waals surface area contributed by atoms with Crippen LogP contribution >= 0.6 is 0 Å². The molecule has 1 aliphatic rings. The lowest BCUT2D eigenvalue weighted by molar-refractivity contribution is 0.0697. The monoisotopic (exact) mass is 301 g/mol. The Bertz CT molecular complexity index is 640. The Morgan fingerprint density at radius 2 is 1.85 bits per heavy atom. The topological polar surface area (TPSA) is 93.1 Å². The second-order valence-electron chi connectivity index (χ2n) is 4.27. The number of sulfonamides is 1. The molecule has 1 aromatic carbocycles. The SMILES string of the molecule is COc1cc(C(=O)O)c(N2CCCS2(=O)=O)cc1OC. The minimum Gasteiger partial charge on any atom is -0.493 e. The molecule has 0 radical (unpaired) electrons. The van der Waals surface area contributed by atoms with Gasteiger partial charge in [0.15, 0.2) is 11.5 Å². The molecule has 0 spiro atoms. The smallest absolute Gasteiger partial charge is 0.337 e. The molecule has 0 amide bonds. The third-order valence-electron chi connectivity index (χ3n) is 3.10. The second-order valence-corrected chi connectivity index (χ2v) is 6.28. The van der Waals surface area contributed by atoms with Crippen LogP contribution in [-0.2, 0) is 10.0 Å². The van der Waals surface area contributed by atoms with Crippen molar-refractivity contribution in [3.8, 4) is 11.5 Å². The molecule has 0 aliphatic carbocycles. The third kappa shape index (κ3) is 2.38. The molecule has 20 heavy (non-hydrogen) atoms. The lowest BCUT2D eigenvalue weighted by Crippen LogP contribution is -2.27. The molecule has 1 aromatic rings. The number of ether oxygens (including phenoxy) is 2. The van der Waals surface area contributed by atoms with Crippen molar-refractivity contribution in [2.75, 3.05) is 30.8 Å². The molecule has 0 atom stereocenters. The number of nitrogens with zero attached hydrogens (tertiary/aromatic N) is 1. The fourth-order valence-electron chi connectivity index (χ4n) is 2.16. The number of aromatic carboxylic acids is 1. The van der Waals surface area contributed by atoms with E-state index in [1.807, 2.05) is 0 Å². The van der Waals surface area contributed by atoms with Gasteiger partial charge >= 0.3 is 5.97 Å². The molecule has 0 bridgehead atoms. The minimum atomic E-state index is -3.47. The van der Waals surface area contributed by atoms with E-state index >= 15 is 0 Å². The van der Waals surface area contributed by atoms with E-state index in [9.17, 15) is 18.3 Å². The normalized spacial score (nSPS) is 17.0. The number of carboxylic acids is 1. The molecular weight excluding hydrogens is 286 g/mol. The Hall–Kier alpha value is -1.96. The average molecular weight is 301 g/mol. The lowest BCUT2D eigenvalue weighted by atomic mass is 10.1. The van der Waals surface area contributed by atoms with E-state index < -0.39 is 16.0 Å². The van der Waals surface area contributed by atoms with Crippen LogP contribution in [0.5, 0.6) is 11.5 Å². The van der Waals surface area contributed by atoms with Crippen LogP contribution in [0.1, 0.15) is 16.8 Å². The molecule has 1 fully saturated rings. The average Bonchev–Trinajstić information content (AvgIpc) is 2.76. The summed E-state index contributed by atoms with van der Waals surface area (Å²) >= 11 is 0. The largest absolute Gasteiger partial charge is 0.493 e. The highest BCUT2D eigenvalue weighted by Gasteiger charge is 2.32. The highest BCUT2D eigenvalue weighted by molar-refractivity contribution is 7.93. The van der Waals surface area contributed by atoms with Gasteiger partial charge in [-0.1, -0.05) is 0 Å². The van der Waals surface area contributed by atoms with Gasteiger partial charge in [0.1, 0.15) is 0 Å². The summed E-state index contributed by atoms with van der Waals surface area (Å²) in [5.41, 5.74) is -0.0271. The van der Waals surface area contributed by atoms with Crippen molar-refractivity contribution >= 4 is 21.7 Å². The number of hydrogen-bond donors (Lipinski definition) is 1. The van der Waals surface area contributed by atoms with Gasteiger partial charge in [0.25, 0.3) is 0 Å². The number of carbonyl (C=O) groups is 1. The van der Waals surface area contributed by atoms with E-state index in [1.54, 1.807) is 0 Å². The summed E-state index contributed by atoms with van der Waals surface area (Å²) < 4.78 is 35.2. The number of anilines is 1. The molecule has 1 heterocycles. The van der Waals surface area contributed by atoms with Crippen LogP contribution in [0.2, 0.25) is 0 Å².